The molecule has 0 bridgehead atoms. The van der Waals surface area contributed by atoms with Gasteiger partial charge in [0.05, 0.1) is 5.69 Å². The molecule has 1 heterocycles. The van der Waals surface area contributed by atoms with E-state index >= 15 is 0 Å². The van der Waals surface area contributed by atoms with Gasteiger partial charge in [0.1, 0.15) is 6.26 Å². The van der Waals surface area contributed by atoms with Crippen molar-refractivity contribution in [2.24, 2.45) is 5.92 Å². The first-order valence-electron chi connectivity index (χ1n) is 4.76. The third-order valence-electron chi connectivity index (χ3n) is 1.77. The molecular formula is C10H17NO2. The molecule has 0 aliphatic rings. The topological polar surface area (TPSA) is 46.3 Å². The van der Waals surface area contributed by atoms with Gasteiger partial charge in [-0.25, -0.2) is 4.98 Å². The summed E-state index contributed by atoms with van der Waals surface area (Å²) in [5.74, 6) is 1.35. The molecule has 0 radical (unpaired) electrons. The summed E-state index contributed by atoms with van der Waals surface area (Å²) in [5.41, 5.74) is 1.02. The molecule has 3 heteroatoms. The van der Waals surface area contributed by atoms with Crippen LogP contribution in [0.15, 0.2) is 10.7 Å². The van der Waals surface area contributed by atoms with Crippen LogP contribution in [0.4, 0.5) is 0 Å². The molecule has 0 saturated heterocycles. The molecule has 0 aromatic carbocycles. The Bertz CT molecular complexity index is 243. The van der Waals surface area contributed by atoms with Crippen molar-refractivity contribution in [3.05, 3.63) is 17.8 Å². The Balaban J connectivity index is 2.44. The van der Waals surface area contributed by atoms with Gasteiger partial charge in [-0.05, 0) is 18.8 Å². The number of hydrogen-bond donors (Lipinski definition) is 1. The Morgan fingerprint density at radius 1 is 1.54 bits per heavy atom. The van der Waals surface area contributed by atoms with Crippen molar-refractivity contribution in [3.8, 4) is 0 Å². The molecule has 0 spiro atoms. The molecule has 13 heavy (non-hydrogen) atoms. The van der Waals surface area contributed by atoms with Gasteiger partial charge >= 0.3 is 0 Å². The summed E-state index contributed by atoms with van der Waals surface area (Å²) in [6.45, 7) is 4.51. The summed E-state index contributed by atoms with van der Waals surface area (Å²) in [6.07, 6.45) is 4.13. The molecule has 1 aromatic rings. The first-order chi connectivity index (χ1) is 6.22. The van der Waals surface area contributed by atoms with Crippen LogP contribution in [0, 0.1) is 5.92 Å². The Kier molecular flexibility index (Phi) is 3.96. The fourth-order valence-corrected chi connectivity index (χ4v) is 1.21. The maximum Gasteiger partial charge on any atom is 0.194 e. The van der Waals surface area contributed by atoms with Crippen LogP contribution in [-0.2, 0) is 12.8 Å². The summed E-state index contributed by atoms with van der Waals surface area (Å²) < 4.78 is 5.25. The lowest BCUT2D eigenvalue weighted by Crippen LogP contribution is -1.95. The zero-order chi connectivity index (χ0) is 9.68. The van der Waals surface area contributed by atoms with E-state index in [0.29, 0.717) is 5.92 Å². The lowest BCUT2D eigenvalue weighted by atomic mass is 10.1. The van der Waals surface area contributed by atoms with E-state index in [1.54, 1.807) is 6.26 Å². The Labute approximate surface area is 78.8 Å². The molecule has 1 rings (SSSR count). The number of aryl methyl sites for hydroxylation is 1. The molecule has 0 saturated carbocycles. The number of aliphatic hydroxyl groups excluding tert-OH is 1. The average molecular weight is 183 g/mol. The number of oxazole rings is 1. The fourth-order valence-electron chi connectivity index (χ4n) is 1.21. The molecule has 0 amide bonds. The zero-order valence-electron chi connectivity index (χ0n) is 8.29. The first kappa shape index (κ1) is 10.3. The molecule has 0 aliphatic heterocycles. The van der Waals surface area contributed by atoms with Gasteiger partial charge in [-0.3, -0.25) is 0 Å². The second-order valence-electron chi connectivity index (χ2n) is 3.66. The van der Waals surface area contributed by atoms with Crippen molar-refractivity contribution in [3.63, 3.8) is 0 Å². The molecule has 0 unspecified atom stereocenters. The maximum atomic E-state index is 8.61. The fraction of sp³-hybridized carbons (Fsp3) is 0.700. The third kappa shape index (κ3) is 3.59. The van der Waals surface area contributed by atoms with Crippen molar-refractivity contribution in [1.29, 1.82) is 0 Å². The van der Waals surface area contributed by atoms with Crippen LogP contribution >= 0.6 is 0 Å². The van der Waals surface area contributed by atoms with E-state index in [1.807, 2.05) is 0 Å². The number of aromatic nitrogens is 1. The van der Waals surface area contributed by atoms with E-state index in [4.69, 9.17) is 9.52 Å². The van der Waals surface area contributed by atoms with Crippen LogP contribution in [0.3, 0.4) is 0 Å². The summed E-state index contributed by atoms with van der Waals surface area (Å²) >= 11 is 0. The van der Waals surface area contributed by atoms with E-state index in [1.165, 1.54) is 0 Å². The van der Waals surface area contributed by atoms with Crippen LogP contribution < -0.4 is 0 Å². The van der Waals surface area contributed by atoms with Gasteiger partial charge in [0.25, 0.3) is 0 Å². The van der Waals surface area contributed by atoms with Crippen molar-refractivity contribution in [2.45, 2.75) is 33.1 Å². The molecule has 74 valence electrons. The number of nitrogens with zero attached hydrogens (tertiary/aromatic N) is 1. The minimum atomic E-state index is 0.196. The average Bonchev–Trinajstić information content (AvgIpc) is 2.48. The largest absolute Gasteiger partial charge is 0.449 e. The third-order valence-corrected chi connectivity index (χ3v) is 1.77. The predicted molar refractivity (Wildman–Crippen MR) is 50.5 cm³/mol. The van der Waals surface area contributed by atoms with Gasteiger partial charge in [0, 0.05) is 13.0 Å². The van der Waals surface area contributed by atoms with Crippen molar-refractivity contribution in [2.75, 3.05) is 6.61 Å². The zero-order valence-corrected chi connectivity index (χ0v) is 8.29. The van der Waals surface area contributed by atoms with E-state index in [9.17, 15) is 0 Å². The predicted octanol–water partition coefficient (Wildman–Crippen LogP) is 1.80. The van der Waals surface area contributed by atoms with Crippen LogP contribution in [0.5, 0.6) is 0 Å². The standard InChI is InChI=1S/C10H17NO2/c1-8(2)6-9-7-13-10(11-9)4-3-5-12/h7-8,12H,3-6H2,1-2H3. The molecular weight excluding hydrogens is 166 g/mol. The normalized spacial score (nSPS) is 11.1. The minimum absolute atomic E-state index is 0.196. The van der Waals surface area contributed by atoms with Crippen molar-refractivity contribution in [1.82, 2.24) is 4.98 Å². The minimum Gasteiger partial charge on any atom is -0.449 e. The van der Waals surface area contributed by atoms with Gasteiger partial charge in [0.15, 0.2) is 5.89 Å². The van der Waals surface area contributed by atoms with E-state index in [0.717, 1.165) is 30.8 Å². The maximum absolute atomic E-state index is 8.61. The number of rotatable bonds is 5. The highest BCUT2D eigenvalue weighted by Gasteiger charge is 2.04. The molecule has 0 atom stereocenters. The monoisotopic (exact) mass is 183 g/mol. The number of hydrogen-bond acceptors (Lipinski definition) is 3. The lowest BCUT2D eigenvalue weighted by Gasteiger charge is -1.97. The van der Waals surface area contributed by atoms with Gasteiger partial charge in [-0.2, -0.15) is 0 Å². The smallest absolute Gasteiger partial charge is 0.194 e. The van der Waals surface area contributed by atoms with Crippen molar-refractivity contribution < 1.29 is 9.52 Å². The van der Waals surface area contributed by atoms with Gasteiger partial charge < -0.3 is 9.52 Å². The molecule has 1 aromatic heterocycles. The van der Waals surface area contributed by atoms with Gasteiger partial charge in [-0.15, -0.1) is 0 Å². The van der Waals surface area contributed by atoms with Crippen molar-refractivity contribution >= 4 is 0 Å². The van der Waals surface area contributed by atoms with E-state index in [2.05, 4.69) is 18.8 Å². The van der Waals surface area contributed by atoms with Gasteiger partial charge in [0.2, 0.25) is 0 Å². The molecule has 0 fully saturated rings. The van der Waals surface area contributed by atoms with E-state index < -0.39 is 0 Å². The summed E-state index contributed by atoms with van der Waals surface area (Å²) in [4.78, 5) is 4.31. The van der Waals surface area contributed by atoms with Crippen LogP contribution in [-0.4, -0.2) is 16.7 Å². The second-order valence-corrected chi connectivity index (χ2v) is 3.66. The Morgan fingerprint density at radius 2 is 2.31 bits per heavy atom. The SMILES string of the molecule is CC(C)Cc1coc(CCCO)n1. The molecule has 0 aliphatic carbocycles. The second kappa shape index (κ2) is 5.02. The number of aliphatic hydroxyl groups is 1. The highest BCUT2D eigenvalue weighted by Crippen LogP contribution is 2.09. The Morgan fingerprint density at radius 3 is 2.92 bits per heavy atom. The Hall–Kier alpha value is -0.830. The quantitative estimate of drug-likeness (QED) is 0.757. The van der Waals surface area contributed by atoms with E-state index in [-0.39, 0.29) is 6.61 Å². The summed E-state index contributed by atoms with van der Waals surface area (Å²) in [7, 11) is 0. The molecule has 1 N–H and O–H groups in total. The van der Waals surface area contributed by atoms with Gasteiger partial charge in [-0.1, -0.05) is 13.8 Å². The highest BCUT2D eigenvalue weighted by molar-refractivity contribution is 4.97. The van der Waals surface area contributed by atoms with Crippen LogP contribution in [0.1, 0.15) is 31.9 Å². The highest BCUT2D eigenvalue weighted by atomic mass is 16.3. The summed E-state index contributed by atoms with van der Waals surface area (Å²) in [5, 5.41) is 8.61. The lowest BCUT2D eigenvalue weighted by molar-refractivity contribution is 0.283. The molecule has 3 nitrogen and oxygen atoms in total. The van der Waals surface area contributed by atoms with Crippen LogP contribution in [0.2, 0.25) is 0 Å². The summed E-state index contributed by atoms with van der Waals surface area (Å²) in [6, 6.07) is 0. The van der Waals surface area contributed by atoms with Crippen LogP contribution in [0.25, 0.3) is 0 Å². The first-order valence-corrected chi connectivity index (χ1v) is 4.76.